The smallest absolute Gasteiger partial charge is 0.240 e. The second kappa shape index (κ2) is 20.9. The molecule has 0 spiro atoms. The zero-order valence-electron chi connectivity index (χ0n) is 43.4. The van der Waals surface area contributed by atoms with Crippen molar-refractivity contribution in [1.82, 2.24) is 79.3 Å². The van der Waals surface area contributed by atoms with Gasteiger partial charge in [0.05, 0.1) is 100.0 Å². The number of likely N-dealkylation sites (N-methyl/N-ethyl adjacent to an activating group) is 2. The van der Waals surface area contributed by atoms with Gasteiger partial charge in [0.1, 0.15) is 29.4 Å². The maximum Gasteiger partial charge on any atom is 0.240 e. The van der Waals surface area contributed by atoms with Gasteiger partial charge in [-0.3, -0.25) is 39.3 Å². The largest absolute Gasteiger partial charge is 0.476 e. The molecule has 0 fully saturated rings. The standard InChI is InChI=1S/C29H40N8O4.C22H26N8O/c1-8-36-13-18(4)41-29-26(24(16-39-7)33-35(29)6)23-12-21-22(31-32-27(21)19(5)30-23)11-10-20-25(14-36)37(17(3)15-38)34-28(20)40-9-2;1-13-20-18-10-16-17(25-26-21(16)14(2)24-18)7-6-15-11-23-29(4)19(15)12-28(3)8-9-31-22(20)30(5)27-13/h10-12,17-18,38H,8-9,13-16H2,1-7H3,(H,31,32);6-7,10-11H,8-9,12H2,1-5H3,(H,25,26)/b11-10+;7-6+. The average Bonchev–Trinajstić information content (AvgIpc) is 4.20. The molecule has 8 aromatic heterocycles. The maximum absolute atomic E-state index is 10.0. The molecule has 21 nitrogen and oxygen atoms in total. The summed E-state index contributed by atoms with van der Waals surface area (Å²) in [7, 11) is 9.50. The van der Waals surface area contributed by atoms with E-state index in [1.54, 1.807) is 16.5 Å². The first-order valence-corrected chi connectivity index (χ1v) is 24.4. The Balaban J connectivity index is 0.000000184. The minimum atomic E-state index is -0.221. The minimum absolute atomic E-state index is 0.0393. The molecule has 4 bridgehead atoms. The molecular weight excluding hydrogens is 917 g/mol. The van der Waals surface area contributed by atoms with Crippen LogP contribution in [0.5, 0.6) is 17.6 Å². The summed E-state index contributed by atoms with van der Waals surface area (Å²) in [6.07, 6.45) is 9.91. The molecule has 0 saturated carbocycles. The normalized spacial score (nSPS) is 16.8. The Labute approximate surface area is 418 Å². The number of rotatable bonds is 7. The highest BCUT2D eigenvalue weighted by Gasteiger charge is 2.28. The number of hydrogen-bond acceptors (Lipinski definition) is 15. The van der Waals surface area contributed by atoms with Crippen LogP contribution in [0.1, 0.15) is 90.4 Å². The maximum atomic E-state index is 10.0. The summed E-state index contributed by atoms with van der Waals surface area (Å²) in [5.41, 5.74) is 14.1. The van der Waals surface area contributed by atoms with Crippen molar-refractivity contribution in [2.45, 2.75) is 80.3 Å². The number of aryl methyl sites for hydroxylation is 6. The van der Waals surface area contributed by atoms with Crippen LogP contribution in [-0.2, 0) is 45.6 Å². The molecule has 2 aliphatic heterocycles. The van der Waals surface area contributed by atoms with Crippen LogP contribution < -0.4 is 14.2 Å². The van der Waals surface area contributed by atoms with Gasteiger partial charge in [0, 0.05) is 70.8 Å². The van der Waals surface area contributed by atoms with Crippen LogP contribution in [0.3, 0.4) is 0 Å². The fourth-order valence-electron chi connectivity index (χ4n) is 9.54. The Bertz CT molecular complexity index is 3290. The van der Waals surface area contributed by atoms with E-state index in [9.17, 15) is 5.11 Å². The molecule has 3 N–H and O–H groups in total. The number of ether oxygens (including phenoxy) is 4. The number of aromatic nitrogens is 14. The van der Waals surface area contributed by atoms with E-state index in [1.165, 1.54) is 0 Å². The van der Waals surface area contributed by atoms with Gasteiger partial charge in [-0.05, 0) is 91.6 Å². The summed E-state index contributed by atoms with van der Waals surface area (Å²) < 4.78 is 31.7. The first kappa shape index (κ1) is 49.8. The van der Waals surface area contributed by atoms with E-state index >= 15 is 0 Å². The fourth-order valence-corrected chi connectivity index (χ4v) is 9.54. The molecule has 0 amide bonds. The van der Waals surface area contributed by atoms with Gasteiger partial charge in [-0.25, -0.2) is 9.36 Å². The van der Waals surface area contributed by atoms with Gasteiger partial charge in [-0.15, -0.1) is 5.10 Å². The van der Waals surface area contributed by atoms with Crippen molar-refractivity contribution >= 4 is 46.1 Å². The predicted molar refractivity (Wildman–Crippen MR) is 276 cm³/mol. The van der Waals surface area contributed by atoms with Gasteiger partial charge in [0.15, 0.2) is 0 Å². The number of aliphatic hydroxyl groups excluding tert-OH is 1. The molecule has 10 heterocycles. The van der Waals surface area contributed by atoms with E-state index < -0.39 is 0 Å². The molecule has 0 radical (unpaired) electrons. The monoisotopic (exact) mass is 983 g/mol. The molecule has 8 aromatic rings. The summed E-state index contributed by atoms with van der Waals surface area (Å²) in [5, 5.41) is 46.0. The molecule has 0 aliphatic carbocycles. The van der Waals surface area contributed by atoms with Crippen molar-refractivity contribution in [3.8, 4) is 40.2 Å². The van der Waals surface area contributed by atoms with Crippen LogP contribution in [0.25, 0.3) is 68.6 Å². The zero-order chi connectivity index (χ0) is 51.0. The van der Waals surface area contributed by atoms with Crippen LogP contribution in [0, 0.1) is 20.8 Å². The molecule has 0 aromatic carbocycles. The summed E-state index contributed by atoms with van der Waals surface area (Å²) in [6, 6.07) is 3.87. The van der Waals surface area contributed by atoms with E-state index in [-0.39, 0.29) is 18.8 Å². The molecular formula is C51H66N16O5. The molecule has 380 valence electrons. The van der Waals surface area contributed by atoms with Crippen LogP contribution in [0.2, 0.25) is 0 Å². The van der Waals surface area contributed by atoms with Crippen molar-refractivity contribution in [1.29, 1.82) is 0 Å². The second-order valence-corrected chi connectivity index (χ2v) is 18.6. The lowest BCUT2D eigenvalue weighted by Crippen LogP contribution is -2.35. The number of methoxy groups -OCH3 is 1. The summed E-state index contributed by atoms with van der Waals surface area (Å²) in [5.74, 6) is 1.91. The highest BCUT2D eigenvalue weighted by Crippen LogP contribution is 2.38. The van der Waals surface area contributed by atoms with Gasteiger partial charge in [-0.2, -0.15) is 25.5 Å². The van der Waals surface area contributed by atoms with E-state index in [0.29, 0.717) is 44.7 Å². The molecule has 21 heteroatoms. The molecule has 10 rings (SSSR count). The number of nitrogens with zero attached hydrogens (tertiary/aromatic N) is 14. The quantitative estimate of drug-likeness (QED) is 0.157. The zero-order valence-corrected chi connectivity index (χ0v) is 43.4. The van der Waals surface area contributed by atoms with Crippen LogP contribution >= 0.6 is 0 Å². The first-order chi connectivity index (χ1) is 34.7. The molecule has 72 heavy (non-hydrogen) atoms. The Morgan fingerprint density at radius 2 is 1.47 bits per heavy atom. The van der Waals surface area contributed by atoms with Crippen LogP contribution in [-0.4, -0.2) is 144 Å². The van der Waals surface area contributed by atoms with Gasteiger partial charge in [0.2, 0.25) is 17.6 Å². The van der Waals surface area contributed by atoms with E-state index in [0.717, 1.165) is 127 Å². The van der Waals surface area contributed by atoms with Gasteiger partial charge < -0.3 is 24.1 Å². The van der Waals surface area contributed by atoms with Crippen molar-refractivity contribution in [2.24, 2.45) is 21.1 Å². The third-order valence-electron chi connectivity index (χ3n) is 13.2. The van der Waals surface area contributed by atoms with Crippen LogP contribution in [0.4, 0.5) is 0 Å². The SMILES string of the molecule is CCOc1nn(C(C)CO)c2c1/C=C/c1[nH]nc3c(C)nc(cc13)-c1c(COC)nn(C)c1OC(C)CN(CC)C2.Cc1nn(C)c2c1-c1cc3c([nH]nc3c(C)n1)/C=C/c1cnn(C)c1CN(C)CCO2. The summed E-state index contributed by atoms with van der Waals surface area (Å²) in [6.45, 7) is 18.9. The topological polar surface area (TPSA) is 218 Å². The fraction of sp³-hybridized carbons (Fsp3) is 0.451. The van der Waals surface area contributed by atoms with E-state index in [2.05, 4.69) is 79.5 Å². The van der Waals surface area contributed by atoms with Gasteiger partial charge >= 0.3 is 0 Å². The Kier molecular flexibility index (Phi) is 14.4. The van der Waals surface area contributed by atoms with Crippen molar-refractivity contribution in [3.05, 3.63) is 75.0 Å². The van der Waals surface area contributed by atoms with E-state index in [1.807, 2.05) is 89.5 Å². The van der Waals surface area contributed by atoms with Gasteiger partial charge in [0.25, 0.3) is 0 Å². The lowest BCUT2D eigenvalue weighted by molar-refractivity contribution is 0.132. The summed E-state index contributed by atoms with van der Waals surface area (Å²) >= 11 is 0. The van der Waals surface area contributed by atoms with E-state index in [4.69, 9.17) is 39.1 Å². The Morgan fingerprint density at radius 1 is 0.806 bits per heavy atom. The minimum Gasteiger partial charge on any atom is -0.476 e. The number of pyridine rings is 2. The Morgan fingerprint density at radius 3 is 2.12 bits per heavy atom. The highest BCUT2D eigenvalue weighted by molar-refractivity contribution is 5.95. The van der Waals surface area contributed by atoms with Gasteiger partial charge in [-0.1, -0.05) is 6.92 Å². The number of H-pyrrole nitrogens is 2. The Hall–Kier alpha value is -7.20. The average molecular weight is 983 g/mol. The van der Waals surface area contributed by atoms with Crippen LogP contribution in [0.15, 0.2) is 18.3 Å². The molecule has 2 aliphatic rings. The van der Waals surface area contributed by atoms with Crippen molar-refractivity contribution in [3.63, 3.8) is 0 Å². The number of hydrogen-bond donors (Lipinski definition) is 3. The third-order valence-corrected chi connectivity index (χ3v) is 13.2. The molecule has 2 atom stereocenters. The predicted octanol–water partition coefficient (Wildman–Crippen LogP) is 6.44. The highest BCUT2D eigenvalue weighted by atomic mass is 16.5. The second-order valence-electron chi connectivity index (χ2n) is 18.6. The lowest BCUT2D eigenvalue weighted by atomic mass is 10.1. The number of fused-ring (bicyclic) bond motifs is 8. The molecule has 2 unspecified atom stereocenters. The lowest BCUT2D eigenvalue weighted by Gasteiger charge is -2.26. The van der Waals surface area contributed by atoms with Crippen molar-refractivity contribution < 1.29 is 24.1 Å². The first-order valence-electron chi connectivity index (χ1n) is 24.4. The number of aliphatic hydroxyl groups is 1. The number of nitrogens with one attached hydrogen (secondary N) is 2. The summed E-state index contributed by atoms with van der Waals surface area (Å²) in [4.78, 5) is 14.3. The molecule has 0 saturated heterocycles. The third kappa shape index (κ3) is 9.63. The number of aromatic amines is 2. The van der Waals surface area contributed by atoms with Crippen molar-refractivity contribution in [2.75, 3.05) is 53.6 Å².